The number of rotatable bonds is 5. The van der Waals surface area contributed by atoms with Gasteiger partial charge in [0.1, 0.15) is 0 Å². The van der Waals surface area contributed by atoms with Gasteiger partial charge in [0.05, 0.1) is 12.1 Å². The van der Waals surface area contributed by atoms with Gasteiger partial charge in [-0.25, -0.2) is 0 Å². The van der Waals surface area contributed by atoms with E-state index in [0.717, 1.165) is 58.3 Å². The van der Waals surface area contributed by atoms with Crippen LogP contribution >= 0.6 is 0 Å². The van der Waals surface area contributed by atoms with Crippen molar-refractivity contribution < 1.29 is 9.59 Å². The van der Waals surface area contributed by atoms with E-state index >= 15 is 0 Å². The van der Waals surface area contributed by atoms with Crippen molar-refractivity contribution in [1.82, 2.24) is 15.1 Å². The molecule has 0 spiro atoms. The minimum Gasteiger partial charge on any atom is -0.348 e. The zero-order valence-electron chi connectivity index (χ0n) is 18.6. The minimum absolute atomic E-state index is 0.0387. The molecule has 5 nitrogen and oxygen atoms in total. The van der Waals surface area contributed by atoms with Crippen molar-refractivity contribution in [1.29, 1.82) is 0 Å². The average Bonchev–Trinajstić information content (AvgIpc) is 3.28. The Labute approximate surface area is 181 Å². The summed E-state index contributed by atoms with van der Waals surface area (Å²) in [5, 5.41) is 3.44. The van der Waals surface area contributed by atoms with Gasteiger partial charge in [0.15, 0.2) is 0 Å². The first-order chi connectivity index (χ1) is 14.5. The second-order valence-electron chi connectivity index (χ2n) is 9.66. The van der Waals surface area contributed by atoms with Crippen LogP contribution in [0.5, 0.6) is 0 Å². The van der Waals surface area contributed by atoms with Crippen LogP contribution in [-0.2, 0) is 16.0 Å². The monoisotopic (exact) mass is 411 g/mol. The van der Waals surface area contributed by atoms with Gasteiger partial charge in [-0.3, -0.25) is 14.5 Å². The van der Waals surface area contributed by atoms with Gasteiger partial charge in [0.25, 0.3) is 0 Å². The highest BCUT2D eigenvalue weighted by molar-refractivity contribution is 5.83. The first-order valence-electron chi connectivity index (χ1n) is 12.0. The summed E-state index contributed by atoms with van der Waals surface area (Å²) in [7, 11) is 0. The Morgan fingerprint density at radius 3 is 2.37 bits per heavy atom. The van der Waals surface area contributed by atoms with Crippen LogP contribution in [0.15, 0.2) is 24.3 Å². The third kappa shape index (κ3) is 4.56. The number of benzene rings is 1. The van der Waals surface area contributed by atoms with Crippen LogP contribution in [0.25, 0.3) is 0 Å². The fourth-order valence-corrected chi connectivity index (χ4v) is 5.70. The van der Waals surface area contributed by atoms with Gasteiger partial charge in [0, 0.05) is 32.1 Å². The molecule has 164 valence electrons. The molecule has 30 heavy (non-hydrogen) atoms. The van der Waals surface area contributed by atoms with Crippen LogP contribution in [0.4, 0.5) is 0 Å². The zero-order chi connectivity index (χ0) is 21.1. The first kappa shape index (κ1) is 21.4. The lowest BCUT2D eigenvalue weighted by Gasteiger charge is -2.42. The second-order valence-corrected chi connectivity index (χ2v) is 9.66. The molecule has 3 aliphatic rings. The maximum absolute atomic E-state index is 13.6. The molecule has 0 bridgehead atoms. The molecule has 1 saturated carbocycles. The van der Waals surface area contributed by atoms with Crippen molar-refractivity contribution in [2.75, 3.05) is 26.2 Å². The summed E-state index contributed by atoms with van der Waals surface area (Å²) in [6.45, 7) is 7.00. The summed E-state index contributed by atoms with van der Waals surface area (Å²) in [5.74, 6) is 0.913. The quantitative estimate of drug-likeness (QED) is 0.806. The second kappa shape index (κ2) is 9.51. The molecule has 2 atom stereocenters. The number of carbonyl (C=O) groups excluding carboxylic acids is 2. The number of carbonyl (C=O) groups is 2. The van der Waals surface area contributed by atoms with E-state index in [1.54, 1.807) is 0 Å². The van der Waals surface area contributed by atoms with Crippen molar-refractivity contribution in [3.63, 3.8) is 0 Å². The SMILES string of the molecule is CC(C)C(=O)N1CCN([C@H](C(=O)N[C@@H]2CCCc3ccccc32)C2CCCC2)CC1. The molecule has 2 fully saturated rings. The van der Waals surface area contributed by atoms with Crippen LogP contribution in [0.3, 0.4) is 0 Å². The van der Waals surface area contributed by atoms with Gasteiger partial charge in [-0.05, 0) is 49.1 Å². The number of amides is 2. The normalized spacial score (nSPS) is 24.0. The van der Waals surface area contributed by atoms with Crippen molar-refractivity contribution in [2.24, 2.45) is 11.8 Å². The molecule has 1 aliphatic heterocycles. The van der Waals surface area contributed by atoms with Crippen molar-refractivity contribution in [2.45, 2.75) is 70.9 Å². The van der Waals surface area contributed by atoms with Crippen molar-refractivity contribution in [3.8, 4) is 0 Å². The summed E-state index contributed by atoms with van der Waals surface area (Å²) < 4.78 is 0. The number of fused-ring (bicyclic) bond motifs is 1. The lowest BCUT2D eigenvalue weighted by molar-refractivity contribution is -0.138. The molecule has 1 aromatic carbocycles. The minimum atomic E-state index is -0.0575. The molecule has 0 unspecified atom stereocenters. The van der Waals surface area contributed by atoms with E-state index < -0.39 is 0 Å². The topological polar surface area (TPSA) is 52.7 Å². The third-order valence-corrected chi connectivity index (χ3v) is 7.31. The first-order valence-corrected chi connectivity index (χ1v) is 12.0. The Balaban J connectivity index is 1.45. The van der Waals surface area contributed by atoms with E-state index in [2.05, 4.69) is 34.5 Å². The molecule has 1 heterocycles. The fourth-order valence-electron chi connectivity index (χ4n) is 5.70. The van der Waals surface area contributed by atoms with Gasteiger partial charge >= 0.3 is 0 Å². The molecule has 0 aromatic heterocycles. The zero-order valence-corrected chi connectivity index (χ0v) is 18.6. The van der Waals surface area contributed by atoms with Crippen LogP contribution in [0.1, 0.15) is 69.5 Å². The number of nitrogens with one attached hydrogen (secondary N) is 1. The van der Waals surface area contributed by atoms with Crippen LogP contribution in [0.2, 0.25) is 0 Å². The van der Waals surface area contributed by atoms with Crippen LogP contribution in [0, 0.1) is 11.8 Å². The number of nitrogens with zero attached hydrogens (tertiary/aromatic N) is 2. The lowest BCUT2D eigenvalue weighted by atomic mass is 9.87. The molecule has 1 saturated heterocycles. The summed E-state index contributed by atoms with van der Waals surface area (Å²) in [5.41, 5.74) is 2.68. The van der Waals surface area contributed by atoms with Crippen LogP contribution < -0.4 is 5.32 Å². The lowest BCUT2D eigenvalue weighted by Crippen LogP contribution is -2.58. The largest absolute Gasteiger partial charge is 0.348 e. The Morgan fingerprint density at radius 1 is 0.967 bits per heavy atom. The standard InChI is InChI=1S/C25H37N3O2/c1-18(2)25(30)28-16-14-27(15-17-28)23(20-9-3-4-10-20)24(29)26-22-13-7-11-19-8-5-6-12-21(19)22/h5-6,8,12,18,20,22-23H,3-4,7,9-11,13-17H2,1-2H3,(H,26,29)/t22-,23+/m1/s1. The highest BCUT2D eigenvalue weighted by atomic mass is 16.2. The number of aryl methyl sites for hydroxylation is 1. The predicted octanol–water partition coefficient (Wildman–Crippen LogP) is 3.54. The van der Waals surface area contributed by atoms with Crippen LogP contribution in [-0.4, -0.2) is 53.8 Å². The maximum Gasteiger partial charge on any atom is 0.238 e. The van der Waals surface area contributed by atoms with Gasteiger partial charge in [-0.2, -0.15) is 0 Å². The summed E-state index contributed by atoms with van der Waals surface area (Å²) in [6.07, 6.45) is 8.01. The predicted molar refractivity (Wildman–Crippen MR) is 119 cm³/mol. The summed E-state index contributed by atoms with van der Waals surface area (Å²) in [6, 6.07) is 8.64. The Hall–Kier alpha value is -1.88. The molecule has 2 amide bonds. The molecule has 4 rings (SSSR count). The highest BCUT2D eigenvalue weighted by Crippen LogP contribution is 2.33. The van der Waals surface area contributed by atoms with E-state index in [1.807, 2.05) is 18.7 Å². The van der Waals surface area contributed by atoms with E-state index in [1.165, 1.54) is 24.0 Å². The molecule has 0 radical (unpaired) electrons. The van der Waals surface area contributed by atoms with Gasteiger partial charge < -0.3 is 10.2 Å². The molecule has 5 heteroatoms. The summed E-state index contributed by atoms with van der Waals surface area (Å²) >= 11 is 0. The van der Waals surface area contributed by atoms with Gasteiger partial charge in [0.2, 0.25) is 11.8 Å². The molecule has 1 N–H and O–H groups in total. The van der Waals surface area contributed by atoms with E-state index in [0.29, 0.717) is 5.92 Å². The number of hydrogen-bond acceptors (Lipinski definition) is 3. The van der Waals surface area contributed by atoms with Gasteiger partial charge in [-0.1, -0.05) is 51.0 Å². The molecule has 1 aromatic rings. The van der Waals surface area contributed by atoms with E-state index in [9.17, 15) is 9.59 Å². The summed E-state index contributed by atoms with van der Waals surface area (Å²) in [4.78, 5) is 30.3. The average molecular weight is 412 g/mol. The number of piperazine rings is 1. The Kier molecular flexibility index (Phi) is 6.77. The molecular weight excluding hydrogens is 374 g/mol. The number of hydrogen-bond donors (Lipinski definition) is 1. The fraction of sp³-hybridized carbons (Fsp3) is 0.680. The smallest absolute Gasteiger partial charge is 0.238 e. The third-order valence-electron chi connectivity index (χ3n) is 7.31. The van der Waals surface area contributed by atoms with Crippen molar-refractivity contribution >= 4 is 11.8 Å². The molecular formula is C25H37N3O2. The highest BCUT2D eigenvalue weighted by Gasteiger charge is 2.38. The van der Waals surface area contributed by atoms with E-state index in [4.69, 9.17) is 0 Å². The van der Waals surface area contributed by atoms with Gasteiger partial charge in [-0.15, -0.1) is 0 Å². The Morgan fingerprint density at radius 2 is 1.67 bits per heavy atom. The maximum atomic E-state index is 13.6. The van der Waals surface area contributed by atoms with E-state index in [-0.39, 0.29) is 29.8 Å². The van der Waals surface area contributed by atoms with Crippen molar-refractivity contribution in [3.05, 3.63) is 35.4 Å². The molecule has 2 aliphatic carbocycles. The Bertz CT molecular complexity index is 749.